The molecule has 3 N–H and O–H groups in total. The number of aryl methyl sites for hydroxylation is 1. The van der Waals surface area contributed by atoms with Gasteiger partial charge in [-0.1, -0.05) is 43.3 Å². The first kappa shape index (κ1) is 25.4. The highest BCUT2D eigenvalue weighted by atomic mass is 16.5. The largest absolute Gasteiger partial charge is 0.484 e. The maximum atomic E-state index is 12.3. The van der Waals surface area contributed by atoms with E-state index in [1.165, 1.54) is 11.1 Å². The molecule has 37 heavy (non-hydrogen) atoms. The lowest BCUT2D eigenvalue weighted by Gasteiger charge is -2.59. The molecular formula is C31H36N2O4. The Hall–Kier alpha value is -3.22. The Balaban J connectivity index is 1.32. The number of nitrogens with one attached hydrogen (secondary N) is 1. The van der Waals surface area contributed by atoms with Crippen molar-refractivity contribution in [3.8, 4) is 5.75 Å². The number of hydrogen-bond acceptors (Lipinski definition) is 5. The van der Waals surface area contributed by atoms with Crippen molar-refractivity contribution in [2.75, 3.05) is 6.61 Å². The van der Waals surface area contributed by atoms with Crippen LogP contribution >= 0.6 is 0 Å². The smallest absolute Gasteiger partial charge is 0.258 e. The fourth-order valence-electron chi connectivity index (χ4n) is 6.70. The fourth-order valence-corrected chi connectivity index (χ4v) is 6.70. The summed E-state index contributed by atoms with van der Waals surface area (Å²) in [7, 11) is 0. The Bertz CT molecular complexity index is 1250. The number of fused-ring (bicyclic) bond motifs is 3. The predicted octanol–water partition coefficient (Wildman–Crippen LogP) is 4.42. The topological polar surface area (TPSA) is 91.7 Å². The highest BCUT2D eigenvalue weighted by molar-refractivity contribution is 5.77. The molecule has 2 aliphatic carbocycles. The summed E-state index contributed by atoms with van der Waals surface area (Å²) in [5.41, 5.74) is 1.41. The molecule has 1 saturated carbocycles. The number of carbonyl (C=O) groups excluding carboxylic acids is 1. The SMILES string of the molecule is CC[C@@]12C[C@@](C)(O)[C@](O)(c3ccccc3)C[C@H]1CCc1cc(OCC(=O)NCc3ccncc3)ccc12. The highest BCUT2D eigenvalue weighted by Gasteiger charge is 2.60. The molecule has 6 heteroatoms. The molecule has 1 heterocycles. The minimum Gasteiger partial charge on any atom is -0.484 e. The second kappa shape index (κ2) is 9.92. The number of ether oxygens (including phenoxy) is 1. The van der Waals surface area contributed by atoms with E-state index in [-0.39, 0.29) is 23.8 Å². The Labute approximate surface area is 218 Å². The molecule has 4 atom stereocenters. The van der Waals surface area contributed by atoms with Crippen LogP contribution in [-0.2, 0) is 28.8 Å². The molecule has 2 aromatic carbocycles. The van der Waals surface area contributed by atoms with Crippen molar-refractivity contribution < 1.29 is 19.7 Å². The zero-order valence-electron chi connectivity index (χ0n) is 21.6. The van der Waals surface area contributed by atoms with Crippen LogP contribution in [0.5, 0.6) is 5.75 Å². The molecule has 0 bridgehead atoms. The number of pyridine rings is 1. The van der Waals surface area contributed by atoms with Gasteiger partial charge in [-0.05, 0) is 91.5 Å². The molecule has 5 rings (SSSR count). The first-order chi connectivity index (χ1) is 17.8. The summed E-state index contributed by atoms with van der Waals surface area (Å²) >= 11 is 0. The van der Waals surface area contributed by atoms with Gasteiger partial charge in [-0.25, -0.2) is 0 Å². The monoisotopic (exact) mass is 500 g/mol. The van der Waals surface area contributed by atoms with Gasteiger partial charge in [0.1, 0.15) is 11.4 Å². The lowest BCUT2D eigenvalue weighted by atomic mass is 9.49. The average Bonchev–Trinajstić information content (AvgIpc) is 2.92. The Morgan fingerprint density at radius 1 is 1.11 bits per heavy atom. The van der Waals surface area contributed by atoms with Gasteiger partial charge in [0.25, 0.3) is 5.91 Å². The number of benzene rings is 2. The first-order valence-corrected chi connectivity index (χ1v) is 13.2. The molecule has 3 aromatic rings. The molecule has 0 unspecified atom stereocenters. The third-order valence-corrected chi connectivity index (χ3v) is 8.74. The van der Waals surface area contributed by atoms with E-state index >= 15 is 0 Å². The highest BCUT2D eigenvalue weighted by Crippen LogP contribution is 2.60. The molecule has 0 radical (unpaired) electrons. The number of carbonyl (C=O) groups is 1. The van der Waals surface area contributed by atoms with E-state index < -0.39 is 11.2 Å². The lowest BCUT2D eigenvalue weighted by molar-refractivity contribution is -0.205. The van der Waals surface area contributed by atoms with Crippen LogP contribution in [0.4, 0.5) is 0 Å². The molecule has 0 spiro atoms. The van der Waals surface area contributed by atoms with E-state index in [4.69, 9.17) is 4.74 Å². The van der Waals surface area contributed by atoms with Crippen molar-refractivity contribution in [3.63, 3.8) is 0 Å². The van der Waals surface area contributed by atoms with Crippen molar-refractivity contribution in [2.24, 2.45) is 5.92 Å². The van der Waals surface area contributed by atoms with Crippen LogP contribution in [0.15, 0.2) is 73.1 Å². The number of nitrogens with zero attached hydrogens (tertiary/aromatic N) is 1. The second-order valence-corrected chi connectivity index (χ2v) is 10.9. The van der Waals surface area contributed by atoms with Gasteiger partial charge in [0.15, 0.2) is 6.61 Å². The molecule has 1 fully saturated rings. The first-order valence-electron chi connectivity index (χ1n) is 13.2. The van der Waals surface area contributed by atoms with Gasteiger partial charge in [0.05, 0.1) is 5.60 Å². The quantitative estimate of drug-likeness (QED) is 0.447. The maximum absolute atomic E-state index is 12.3. The molecule has 0 aliphatic heterocycles. The van der Waals surface area contributed by atoms with Gasteiger partial charge in [0.2, 0.25) is 0 Å². The van der Waals surface area contributed by atoms with Crippen LogP contribution in [0.3, 0.4) is 0 Å². The predicted molar refractivity (Wildman–Crippen MR) is 142 cm³/mol. The van der Waals surface area contributed by atoms with E-state index in [2.05, 4.69) is 23.3 Å². The normalized spacial score (nSPS) is 28.6. The standard InChI is InChI=1S/C31H36N2O4/c1-3-30-21-29(2,35)31(36,24-7-5-4-6-8-24)18-25(30)10-9-23-17-26(11-12-27(23)30)37-20-28(34)33-19-22-13-15-32-16-14-22/h4-8,11-17,25,35-36H,3,9-10,18-21H2,1-2H3,(H,33,34)/t25-,29-,30-,31-/m1/s1. The molecule has 6 nitrogen and oxygen atoms in total. The third kappa shape index (κ3) is 4.64. The summed E-state index contributed by atoms with van der Waals surface area (Å²) in [6.45, 7) is 4.35. The van der Waals surface area contributed by atoms with Crippen LogP contribution in [0.1, 0.15) is 61.8 Å². The van der Waals surface area contributed by atoms with Crippen LogP contribution < -0.4 is 10.1 Å². The molecule has 0 saturated heterocycles. The Morgan fingerprint density at radius 3 is 2.59 bits per heavy atom. The zero-order valence-corrected chi connectivity index (χ0v) is 21.6. The van der Waals surface area contributed by atoms with Crippen molar-refractivity contribution >= 4 is 5.91 Å². The van der Waals surface area contributed by atoms with Crippen molar-refractivity contribution in [3.05, 3.63) is 95.3 Å². The zero-order chi connectivity index (χ0) is 26.1. The summed E-state index contributed by atoms with van der Waals surface area (Å²) in [5.74, 6) is 0.746. The van der Waals surface area contributed by atoms with Crippen molar-refractivity contribution in [1.82, 2.24) is 10.3 Å². The van der Waals surface area contributed by atoms with Crippen molar-refractivity contribution in [1.29, 1.82) is 0 Å². The number of rotatable bonds is 7. The van der Waals surface area contributed by atoms with Gasteiger partial charge in [-0.3, -0.25) is 9.78 Å². The summed E-state index contributed by atoms with van der Waals surface area (Å²) in [5, 5.41) is 26.4. The van der Waals surface area contributed by atoms with Gasteiger partial charge in [-0.15, -0.1) is 0 Å². The van der Waals surface area contributed by atoms with Gasteiger partial charge in [-0.2, -0.15) is 0 Å². The number of aromatic nitrogens is 1. The molecule has 1 aromatic heterocycles. The Morgan fingerprint density at radius 2 is 1.86 bits per heavy atom. The van der Waals surface area contributed by atoms with E-state index in [9.17, 15) is 15.0 Å². The van der Waals surface area contributed by atoms with E-state index in [1.807, 2.05) is 54.6 Å². The fraction of sp³-hybridized carbons (Fsp3) is 0.419. The van der Waals surface area contributed by atoms with E-state index in [0.717, 1.165) is 30.4 Å². The minimum absolute atomic E-state index is 0.0514. The number of hydrogen-bond donors (Lipinski definition) is 3. The average molecular weight is 501 g/mol. The van der Waals surface area contributed by atoms with Crippen molar-refractivity contribution in [2.45, 2.75) is 69.1 Å². The minimum atomic E-state index is -1.29. The van der Waals surface area contributed by atoms with Crippen LogP contribution in [0, 0.1) is 5.92 Å². The summed E-state index contributed by atoms with van der Waals surface area (Å²) in [4.78, 5) is 16.3. The number of aliphatic hydroxyl groups is 2. The van der Waals surface area contributed by atoms with Gasteiger partial charge >= 0.3 is 0 Å². The van der Waals surface area contributed by atoms with Crippen LogP contribution in [-0.4, -0.2) is 33.3 Å². The summed E-state index contributed by atoms with van der Waals surface area (Å²) < 4.78 is 5.84. The maximum Gasteiger partial charge on any atom is 0.258 e. The Kier molecular flexibility index (Phi) is 6.82. The van der Waals surface area contributed by atoms with Crippen LogP contribution in [0.2, 0.25) is 0 Å². The number of amides is 1. The lowest BCUT2D eigenvalue weighted by Crippen LogP contribution is -2.62. The summed E-state index contributed by atoms with van der Waals surface area (Å²) in [6, 6.07) is 19.4. The van der Waals surface area contributed by atoms with Gasteiger partial charge in [0, 0.05) is 24.4 Å². The summed E-state index contributed by atoms with van der Waals surface area (Å²) in [6.07, 6.45) is 7.09. The van der Waals surface area contributed by atoms with Gasteiger partial charge < -0.3 is 20.3 Å². The van der Waals surface area contributed by atoms with E-state index in [0.29, 0.717) is 25.1 Å². The third-order valence-electron chi connectivity index (χ3n) is 8.74. The molecule has 1 amide bonds. The molecule has 2 aliphatic rings. The van der Waals surface area contributed by atoms with E-state index in [1.54, 1.807) is 19.3 Å². The molecule has 194 valence electrons. The second-order valence-electron chi connectivity index (χ2n) is 10.9. The molecular weight excluding hydrogens is 464 g/mol. The van der Waals surface area contributed by atoms with Crippen LogP contribution in [0.25, 0.3) is 0 Å².